The van der Waals surface area contributed by atoms with E-state index in [9.17, 15) is 9.90 Å². The van der Waals surface area contributed by atoms with Crippen LogP contribution in [0.15, 0.2) is 70.9 Å². The fourth-order valence-electron chi connectivity index (χ4n) is 2.06. The lowest BCUT2D eigenvalue weighted by Crippen LogP contribution is -1.91. The minimum Gasteiger partial charge on any atom is -0.508 e. The van der Waals surface area contributed by atoms with Crippen LogP contribution in [0.3, 0.4) is 0 Å². The van der Waals surface area contributed by atoms with Crippen LogP contribution >= 0.6 is 0 Å². The van der Waals surface area contributed by atoms with E-state index in [1.54, 1.807) is 36.6 Å². The summed E-state index contributed by atoms with van der Waals surface area (Å²) < 4.78 is 5.39. The van der Waals surface area contributed by atoms with Gasteiger partial charge in [0.15, 0.2) is 5.78 Å². The number of aromatic hydroxyl groups is 1. The SMILES string of the molecule is O=C1C=CC(=Cc2ccc(O)cc2-c2ccco2)C=C1. The number of carbonyl (C=O) groups excluding carboxylic acids is 1. The molecule has 1 aliphatic rings. The van der Waals surface area contributed by atoms with Crippen molar-refractivity contribution in [1.29, 1.82) is 0 Å². The van der Waals surface area contributed by atoms with Crippen LogP contribution < -0.4 is 0 Å². The van der Waals surface area contributed by atoms with E-state index in [1.807, 2.05) is 18.2 Å². The number of carbonyl (C=O) groups is 1. The average molecular weight is 264 g/mol. The van der Waals surface area contributed by atoms with Crippen molar-refractivity contribution in [3.05, 3.63) is 72.0 Å². The van der Waals surface area contributed by atoms with Gasteiger partial charge in [-0.1, -0.05) is 18.2 Å². The number of phenolic OH excluding ortho intramolecular Hbond substituents is 1. The van der Waals surface area contributed by atoms with E-state index in [0.717, 1.165) is 16.7 Å². The first kappa shape index (κ1) is 12.2. The molecule has 1 aromatic carbocycles. The van der Waals surface area contributed by atoms with Gasteiger partial charge in [0.25, 0.3) is 0 Å². The molecule has 98 valence electrons. The molecule has 0 radical (unpaired) electrons. The number of hydrogen-bond acceptors (Lipinski definition) is 3. The van der Waals surface area contributed by atoms with Gasteiger partial charge in [-0.2, -0.15) is 0 Å². The van der Waals surface area contributed by atoms with Gasteiger partial charge in [-0.05, 0) is 53.6 Å². The fraction of sp³-hybridized carbons (Fsp3) is 0. The summed E-state index contributed by atoms with van der Waals surface area (Å²) in [6, 6.07) is 8.74. The van der Waals surface area contributed by atoms with Crippen LogP contribution in [-0.4, -0.2) is 10.9 Å². The Morgan fingerprint density at radius 2 is 1.85 bits per heavy atom. The molecular formula is C17H12O3. The molecule has 1 heterocycles. The van der Waals surface area contributed by atoms with E-state index >= 15 is 0 Å². The highest BCUT2D eigenvalue weighted by Gasteiger charge is 2.08. The van der Waals surface area contributed by atoms with Crippen molar-refractivity contribution in [3.63, 3.8) is 0 Å². The molecule has 0 aliphatic heterocycles. The molecule has 3 rings (SSSR count). The standard InChI is InChI=1S/C17H12O3/c18-14-6-3-12(4-7-14)10-13-5-8-15(19)11-16(13)17-2-1-9-20-17/h1-11,19H. The van der Waals surface area contributed by atoms with Crippen LogP contribution in [0.1, 0.15) is 5.56 Å². The van der Waals surface area contributed by atoms with Crippen molar-refractivity contribution >= 4 is 11.9 Å². The summed E-state index contributed by atoms with van der Waals surface area (Å²) >= 11 is 0. The number of phenols is 1. The molecule has 0 spiro atoms. The third-order valence-electron chi connectivity index (χ3n) is 3.03. The van der Waals surface area contributed by atoms with Crippen molar-refractivity contribution < 1.29 is 14.3 Å². The van der Waals surface area contributed by atoms with Gasteiger partial charge in [0.1, 0.15) is 11.5 Å². The first-order chi connectivity index (χ1) is 9.72. The van der Waals surface area contributed by atoms with Crippen LogP contribution in [0, 0.1) is 0 Å². The van der Waals surface area contributed by atoms with Crippen LogP contribution in [0.25, 0.3) is 17.4 Å². The molecule has 3 heteroatoms. The second kappa shape index (κ2) is 5.05. The molecule has 1 aliphatic carbocycles. The Kier molecular flexibility index (Phi) is 3.09. The van der Waals surface area contributed by atoms with Gasteiger partial charge < -0.3 is 9.52 Å². The third kappa shape index (κ3) is 2.47. The summed E-state index contributed by atoms with van der Waals surface area (Å²) in [5.41, 5.74) is 2.64. The monoisotopic (exact) mass is 264 g/mol. The first-order valence-corrected chi connectivity index (χ1v) is 6.21. The smallest absolute Gasteiger partial charge is 0.178 e. The van der Waals surface area contributed by atoms with Gasteiger partial charge >= 0.3 is 0 Å². The van der Waals surface area contributed by atoms with Gasteiger partial charge in [-0.25, -0.2) is 0 Å². The predicted molar refractivity (Wildman–Crippen MR) is 77.1 cm³/mol. The lowest BCUT2D eigenvalue weighted by atomic mass is 10.00. The molecular weight excluding hydrogens is 252 g/mol. The van der Waals surface area contributed by atoms with Crippen molar-refractivity contribution in [2.75, 3.05) is 0 Å². The fourth-order valence-corrected chi connectivity index (χ4v) is 2.06. The van der Waals surface area contributed by atoms with E-state index in [4.69, 9.17) is 4.42 Å². The van der Waals surface area contributed by atoms with E-state index in [1.165, 1.54) is 12.2 Å². The number of hydrogen-bond donors (Lipinski definition) is 1. The summed E-state index contributed by atoms with van der Waals surface area (Å²) in [7, 11) is 0. The minimum absolute atomic E-state index is 0.0147. The highest BCUT2D eigenvalue weighted by atomic mass is 16.3. The lowest BCUT2D eigenvalue weighted by molar-refractivity contribution is -0.110. The lowest BCUT2D eigenvalue weighted by Gasteiger charge is -2.06. The number of furan rings is 1. The number of allylic oxidation sites excluding steroid dienone is 5. The largest absolute Gasteiger partial charge is 0.508 e. The molecule has 0 saturated carbocycles. The molecule has 1 N–H and O–H groups in total. The maximum atomic E-state index is 11.1. The number of rotatable bonds is 2. The zero-order valence-electron chi connectivity index (χ0n) is 10.6. The van der Waals surface area contributed by atoms with Crippen molar-refractivity contribution in [1.82, 2.24) is 0 Å². The van der Waals surface area contributed by atoms with E-state index in [-0.39, 0.29) is 11.5 Å². The first-order valence-electron chi connectivity index (χ1n) is 6.21. The molecule has 20 heavy (non-hydrogen) atoms. The van der Waals surface area contributed by atoms with Crippen LogP contribution in [0.4, 0.5) is 0 Å². The normalized spacial score (nSPS) is 13.8. The van der Waals surface area contributed by atoms with Gasteiger partial charge in [0.05, 0.1) is 6.26 Å². The Balaban J connectivity index is 2.06. The molecule has 0 amide bonds. The highest BCUT2D eigenvalue weighted by molar-refractivity contribution is 6.02. The molecule has 0 unspecified atom stereocenters. The Hall–Kier alpha value is -2.81. The molecule has 2 aromatic rings. The molecule has 0 bridgehead atoms. The topological polar surface area (TPSA) is 50.4 Å². The van der Waals surface area contributed by atoms with Crippen LogP contribution in [-0.2, 0) is 4.79 Å². The number of benzene rings is 1. The zero-order chi connectivity index (χ0) is 13.9. The van der Waals surface area contributed by atoms with Gasteiger partial charge in [-0.15, -0.1) is 0 Å². The van der Waals surface area contributed by atoms with E-state index in [0.29, 0.717) is 5.76 Å². The Labute approximate surface area is 116 Å². The van der Waals surface area contributed by atoms with Gasteiger partial charge in [0, 0.05) is 5.56 Å². The Morgan fingerprint density at radius 1 is 1.05 bits per heavy atom. The predicted octanol–water partition coefficient (Wildman–Crippen LogP) is 3.73. The molecule has 3 nitrogen and oxygen atoms in total. The van der Waals surface area contributed by atoms with Crippen molar-refractivity contribution in [2.45, 2.75) is 0 Å². The Bertz CT molecular complexity index is 714. The molecule has 0 fully saturated rings. The summed E-state index contributed by atoms with van der Waals surface area (Å²) in [5, 5.41) is 9.64. The van der Waals surface area contributed by atoms with Gasteiger partial charge in [-0.3, -0.25) is 4.79 Å². The highest BCUT2D eigenvalue weighted by Crippen LogP contribution is 2.30. The summed E-state index contributed by atoms with van der Waals surface area (Å²) in [5.74, 6) is 0.857. The maximum Gasteiger partial charge on any atom is 0.178 e. The minimum atomic E-state index is -0.0147. The Morgan fingerprint density at radius 3 is 2.55 bits per heavy atom. The zero-order valence-corrected chi connectivity index (χ0v) is 10.6. The quantitative estimate of drug-likeness (QED) is 0.899. The summed E-state index contributed by atoms with van der Waals surface area (Å²) in [6.07, 6.45) is 10.1. The number of ketones is 1. The van der Waals surface area contributed by atoms with E-state index < -0.39 is 0 Å². The van der Waals surface area contributed by atoms with Crippen LogP contribution in [0.2, 0.25) is 0 Å². The summed E-state index contributed by atoms with van der Waals surface area (Å²) in [4.78, 5) is 11.1. The second-order valence-corrected chi connectivity index (χ2v) is 4.46. The maximum absolute atomic E-state index is 11.1. The third-order valence-corrected chi connectivity index (χ3v) is 3.03. The molecule has 0 atom stereocenters. The van der Waals surface area contributed by atoms with Crippen molar-refractivity contribution in [2.24, 2.45) is 0 Å². The second-order valence-electron chi connectivity index (χ2n) is 4.46. The van der Waals surface area contributed by atoms with Crippen molar-refractivity contribution in [3.8, 4) is 17.1 Å². The average Bonchev–Trinajstić information content (AvgIpc) is 2.97. The molecule has 0 saturated heterocycles. The summed E-state index contributed by atoms with van der Waals surface area (Å²) in [6.45, 7) is 0. The molecule has 1 aromatic heterocycles. The van der Waals surface area contributed by atoms with Gasteiger partial charge in [0.2, 0.25) is 0 Å². The van der Waals surface area contributed by atoms with E-state index in [2.05, 4.69) is 0 Å². The van der Waals surface area contributed by atoms with Crippen LogP contribution in [0.5, 0.6) is 5.75 Å².